The lowest BCUT2D eigenvalue weighted by Crippen LogP contribution is -2.51. The minimum absolute atomic E-state index is 0.0261. The van der Waals surface area contributed by atoms with Gasteiger partial charge in [0.05, 0.1) is 11.6 Å². The van der Waals surface area contributed by atoms with Crippen molar-refractivity contribution in [1.82, 2.24) is 10.6 Å². The molecule has 1 aliphatic heterocycles. The van der Waals surface area contributed by atoms with E-state index in [1.54, 1.807) is 0 Å². The van der Waals surface area contributed by atoms with E-state index in [-0.39, 0.29) is 11.9 Å². The maximum absolute atomic E-state index is 12.1. The van der Waals surface area contributed by atoms with Gasteiger partial charge < -0.3 is 15.7 Å². The molecule has 0 aromatic carbocycles. The largest absolute Gasteiger partial charge is 0.388 e. The van der Waals surface area contributed by atoms with Gasteiger partial charge in [-0.25, -0.2) is 0 Å². The highest BCUT2D eigenvalue weighted by atomic mass is 16.3. The SMILES string of the molecule is O=C(NCC1(O)CCC1)C1CC2CCCCC2N1. The molecule has 4 heteroatoms. The summed E-state index contributed by atoms with van der Waals surface area (Å²) in [7, 11) is 0. The maximum Gasteiger partial charge on any atom is 0.237 e. The molecule has 3 N–H and O–H groups in total. The third-order valence-corrected chi connectivity index (χ3v) is 5.06. The Morgan fingerprint density at radius 1 is 1.28 bits per heavy atom. The van der Waals surface area contributed by atoms with Crippen molar-refractivity contribution < 1.29 is 9.90 Å². The van der Waals surface area contributed by atoms with E-state index < -0.39 is 5.60 Å². The number of hydrogen-bond donors (Lipinski definition) is 3. The number of amides is 1. The van der Waals surface area contributed by atoms with E-state index >= 15 is 0 Å². The number of carbonyl (C=O) groups excluding carboxylic acids is 1. The molecule has 0 radical (unpaired) electrons. The second-order valence-corrected chi connectivity index (χ2v) is 6.40. The summed E-state index contributed by atoms with van der Waals surface area (Å²) in [5.74, 6) is 0.783. The molecule has 4 nitrogen and oxygen atoms in total. The molecule has 102 valence electrons. The molecule has 2 saturated carbocycles. The number of fused-ring (bicyclic) bond motifs is 1. The molecule has 3 atom stereocenters. The smallest absolute Gasteiger partial charge is 0.237 e. The van der Waals surface area contributed by atoms with E-state index in [2.05, 4.69) is 10.6 Å². The fourth-order valence-electron chi connectivity index (χ4n) is 3.66. The summed E-state index contributed by atoms with van der Waals surface area (Å²) in [5, 5.41) is 16.4. The zero-order valence-corrected chi connectivity index (χ0v) is 11.0. The molecular weight excluding hydrogens is 228 g/mol. The Bertz CT molecular complexity index is 314. The summed E-state index contributed by atoms with van der Waals surface area (Å²) in [6, 6.07) is 0.531. The van der Waals surface area contributed by atoms with Gasteiger partial charge in [-0.05, 0) is 44.4 Å². The third-order valence-electron chi connectivity index (χ3n) is 5.06. The lowest BCUT2D eigenvalue weighted by atomic mass is 9.80. The fourth-order valence-corrected chi connectivity index (χ4v) is 3.66. The average molecular weight is 252 g/mol. The van der Waals surface area contributed by atoms with Crippen LogP contribution in [0.15, 0.2) is 0 Å². The molecule has 2 aliphatic carbocycles. The molecule has 1 amide bonds. The lowest BCUT2D eigenvalue weighted by molar-refractivity contribution is -0.125. The summed E-state index contributed by atoms with van der Waals surface area (Å²) in [6.45, 7) is 0.430. The van der Waals surface area contributed by atoms with Crippen molar-refractivity contribution in [2.45, 2.75) is 69.1 Å². The van der Waals surface area contributed by atoms with Crippen molar-refractivity contribution in [3.63, 3.8) is 0 Å². The van der Waals surface area contributed by atoms with E-state index in [0.29, 0.717) is 18.5 Å². The number of rotatable bonds is 3. The van der Waals surface area contributed by atoms with Crippen LogP contribution >= 0.6 is 0 Å². The molecule has 0 spiro atoms. The predicted octanol–water partition coefficient (Wildman–Crippen LogP) is 0.938. The molecule has 0 aromatic heterocycles. The predicted molar refractivity (Wildman–Crippen MR) is 69.1 cm³/mol. The van der Waals surface area contributed by atoms with Crippen LogP contribution in [-0.4, -0.2) is 35.2 Å². The first-order valence-electron chi connectivity index (χ1n) is 7.42. The second-order valence-electron chi connectivity index (χ2n) is 6.40. The molecule has 3 rings (SSSR count). The third kappa shape index (κ3) is 2.41. The van der Waals surface area contributed by atoms with Crippen LogP contribution in [0.2, 0.25) is 0 Å². The molecular formula is C14H24N2O2. The molecule has 3 fully saturated rings. The summed E-state index contributed by atoms with van der Waals surface area (Å²) < 4.78 is 0. The zero-order chi connectivity index (χ0) is 12.6. The van der Waals surface area contributed by atoms with Gasteiger partial charge in [0, 0.05) is 12.6 Å². The van der Waals surface area contributed by atoms with Crippen molar-refractivity contribution in [2.75, 3.05) is 6.54 Å². The van der Waals surface area contributed by atoms with E-state index in [1.165, 1.54) is 25.7 Å². The van der Waals surface area contributed by atoms with Gasteiger partial charge in [0.25, 0.3) is 0 Å². The molecule has 0 aromatic rings. The van der Waals surface area contributed by atoms with Crippen LogP contribution in [0.3, 0.4) is 0 Å². The molecule has 3 unspecified atom stereocenters. The fraction of sp³-hybridized carbons (Fsp3) is 0.929. The first kappa shape index (κ1) is 12.4. The number of nitrogens with one attached hydrogen (secondary N) is 2. The second kappa shape index (κ2) is 4.82. The quantitative estimate of drug-likeness (QED) is 0.700. The number of carbonyl (C=O) groups is 1. The summed E-state index contributed by atoms with van der Waals surface area (Å²) in [5.41, 5.74) is -0.610. The Hall–Kier alpha value is -0.610. The van der Waals surface area contributed by atoms with E-state index in [9.17, 15) is 9.90 Å². The van der Waals surface area contributed by atoms with Crippen molar-refractivity contribution in [3.05, 3.63) is 0 Å². The minimum Gasteiger partial charge on any atom is -0.388 e. The summed E-state index contributed by atoms with van der Waals surface area (Å²) in [6.07, 6.45) is 8.82. The van der Waals surface area contributed by atoms with Crippen LogP contribution in [0.4, 0.5) is 0 Å². The highest BCUT2D eigenvalue weighted by Gasteiger charge is 2.39. The van der Waals surface area contributed by atoms with Gasteiger partial charge in [0.15, 0.2) is 0 Å². The first-order chi connectivity index (χ1) is 8.66. The van der Waals surface area contributed by atoms with Crippen molar-refractivity contribution in [1.29, 1.82) is 0 Å². The van der Waals surface area contributed by atoms with E-state index in [1.807, 2.05) is 0 Å². The standard InChI is InChI=1S/C14H24N2O2/c17-13(15-9-14(18)6-3-7-14)12-8-10-4-1-2-5-11(10)16-12/h10-12,16,18H,1-9H2,(H,15,17). The van der Waals surface area contributed by atoms with Crippen LogP contribution in [0.25, 0.3) is 0 Å². The molecule has 0 bridgehead atoms. The molecule has 3 aliphatic rings. The molecule has 1 heterocycles. The van der Waals surface area contributed by atoms with Crippen molar-refractivity contribution >= 4 is 5.91 Å². The average Bonchev–Trinajstić information content (AvgIpc) is 2.77. The van der Waals surface area contributed by atoms with Gasteiger partial charge in [0.1, 0.15) is 0 Å². The topological polar surface area (TPSA) is 61.4 Å². The molecule has 1 saturated heterocycles. The Morgan fingerprint density at radius 2 is 2.06 bits per heavy atom. The van der Waals surface area contributed by atoms with Crippen LogP contribution in [-0.2, 0) is 4.79 Å². The Morgan fingerprint density at radius 3 is 2.72 bits per heavy atom. The number of aliphatic hydroxyl groups is 1. The minimum atomic E-state index is -0.610. The van der Waals surface area contributed by atoms with Crippen LogP contribution in [0.1, 0.15) is 51.4 Å². The Labute approximate surface area is 109 Å². The summed E-state index contributed by atoms with van der Waals surface area (Å²) in [4.78, 5) is 12.1. The first-order valence-corrected chi connectivity index (χ1v) is 7.42. The van der Waals surface area contributed by atoms with Gasteiger partial charge in [-0.1, -0.05) is 12.8 Å². The van der Waals surface area contributed by atoms with Gasteiger partial charge in [-0.15, -0.1) is 0 Å². The Kier molecular flexibility index (Phi) is 3.32. The maximum atomic E-state index is 12.1. The molecule has 18 heavy (non-hydrogen) atoms. The van der Waals surface area contributed by atoms with Gasteiger partial charge >= 0.3 is 0 Å². The van der Waals surface area contributed by atoms with E-state index in [4.69, 9.17) is 0 Å². The lowest BCUT2D eigenvalue weighted by Gasteiger charge is -2.36. The monoisotopic (exact) mass is 252 g/mol. The Balaban J connectivity index is 1.48. The van der Waals surface area contributed by atoms with Crippen LogP contribution < -0.4 is 10.6 Å². The van der Waals surface area contributed by atoms with Crippen LogP contribution in [0, 0.1) is 5.92 Å². The van der Waals surface area contributed by atoms with Crippen molar-refractivity contribution in [3.8, 4) is 0 Å². The van der Waals surface area contributed by atoms with Crippen LogP contribution in [0.5, 0.6) is 0 Å². The van der Waals surface area contributed by atoms with Gasteiger partial charge in [0.2, 0.25) is 5.91 Å². The number of hydrogen-bond acceptors (Lipinski definition) is 3. The zero-order valence-electron chi connectivity index (χ0n) is 11.0. The van der Waals surface area contributed by atoms with E-state index in [0.717, 1.165) is 25.7 Å². The normalized spacial score (nSPS) is 37.7. The highest BCUT2D eigenvalue weighted by molar-refractivity contribution is 5.82. The summed E-state index contributed by atoms with van der Waals surface area (Å²) >= 11 is 0. The highest BCUT2D eigenvalue weighted by Crippen LogP contribution is 2.33. The van der Waals surface area contributed by atoms with Gasteiger partial charge in [-0.2, -0.15) is 0 Å². The van der Waals surface area contributed by atoms with Crippen molar-refractivity contribution in [2.24, 2.45) is 5.92 Å². The van der Waals surface area contributed by atoms with Gasteiger partial charge in [-0.3, -0.25) is 4.79 Å².